The van der Waals surface area contributed by atoms with Crippen LogP contribution in [0.1, 0.15) is 0 Å². The highest BCUT2D eigenvalue weighted by molar-refractivity contribution is 7.90. The third kappa shape index (κ3) is 3.75. The number of hydrogen-bond donors (Lipinski definition) is 1. The van der Waals surface area contributed by atoms with Gasteiger partial charge in [0, 0.05) is 40.7 Å². The smallest absolute Gasteiger partial charge is 0.301 e. The molecule has 1 aromatic rings. The van der Waals surface area contributed by atoms with Gasteiger partial charge < -0.3 is 4.74 Å². The molecule has 0 bridgehead atoms. The summed E-state index contributed by atoms with van der Waals surface area (Å²) in [6.07, 6.45) is 1.58. The van der Waals surface area contributed by atoms with E-state index in [1.54, 1.807) is 30.5 Å². The molecule has 0 radical (unpaired) electrons. The zero-order valence-corrected chi connectivity index (χ0v) is 12.2. The van der Waals surface area contributed by atoms with Gasteiger partial charge in [0.2, 0.25) is 0 Å². The summed E-state index contributed by atoms with van der Waals surface area (Å²) in [5.74, 6) is 0. The van der Waals surface area contributed by atoms with Gasteiger partial charge in [0.05, 0.1) is 13.2 Å². The van der Waals surface area contributed by atoms with Crippen molar-refractivity contribution in [1.29, 1.82) is 0 Å². The quantitative estimate of drug-likeness (QED) is 0.874. The Balaban J connectivity index is 2.09. The first-order chi connectivity index (χ1) is 8.99. The minimum Gasteiger partial charge on any atom is -0.379 e. The normalized spacial score (nSPS) is 19.0. The number of ether oxygens (including phenoxy) is 1. The molecule has 2 rings (SSSR count). The Morgan fingerprint density at radius 1 is 1.21 bits per heavy atom. The van der Waals surface area contributed by atoms with E-state index in [0.29, 0.717) is 36.9 Å². The topological polar surface area (TPSA) is 75.7 Å². The fourth-order valence-electron chi connectivity index (χ4n) is 1.72. The fraction of sp³-hybridized carbons (Fsp3) is 0.455. The molecule has 0 aromatic heterocycles. The van der Waals surface area contributed by atoms with Crippen LogP contribution in [0.15, 0.2) is 29.2 Å². The van der Waals surface area contributed by atoms with Crippen molar-refractivity contribution >= 4 is 26.7 Å². The van der Waals surface area contributed by atoms with E-state index in [9.17, 15) is 12.6 Å². The van der Waals surface area contributed by atoms with Gasteiger partial charge in [0.15, 0.2) is 0 Å². The molecule has 1 N–H and O–H groups in total. The molecule has 106 valence electrons. The van der Waals surface area contributed by atoms with Crippen LogP contribution in [-0.2, 0) is 25.7 Å². The van der Waals surface area contributed by atoms with Crippen LogP contribution in [0.2, 0.25) is 0 Å². The van der Waals surface area contributed by atoms with Gasteiger partial charge in [-0.1, -0.05) is 0 Å². The number of anilines is 1. The average molecular weight is 304 g/mol. The Bertz CT molecular complexity index is 551. The van der Waals surface area contributed by atoms with E-state index in [2.05, 4.69) is 4.72 Å². The van der Waals surface area contributed by atoms with Gasteiger partial charge >= 0.3 is 10.2 Å². The standard InChI is InChI=1S/C11H16N2O4S2/c1-18(14)11-4-2-10(3-5-11)12-19(15,16)13-6-8-17-9-7-13/h2-5,12H,6-9H2,1H3. The Morgan fingerprint density at radius 3 is 2.32 bits per heavy atom. The Kier molecular flexibility index (Phi) is 4.56. The molecule has 19 heavy (non-hydrogen) atoms. The minimum absolute atomic E-state index is 0.354. The molecule has 1 aromatic carbocycles. The fourth-order valence-corrected chi connectivity index (χ4v) is 3.43. The second-order valence-corrected chi connectivity index (χ2v) is 7.15. The summed E-state index contributed by atoms with van der Waals surface area (Å²) in [6, 6.07) is 6.50. The summed E-state index contributed by atoms with van der Waals surface area (Å²) in [5.41, 5.74) is 0.459. The molecule has 0 saturated carbocycles. The summed E-state index contributed by atoms with van der Waals surface area (Å²) in [4.78, 5) is 0.661. The maximum Gasteiger partial charge on any atom is 0.301 e. The molecule has 6 nitrogen and oxygen atoms in total. The molecular weight excluding hydrogens is 288 g/mol. The van der Waals surface area contributed by atoms with E-state index in [4.69, 9.17) is 4.74 Å². The van der Waals surface area contributed by atoms with Gasteiger partial charge in [-0.25, -0.2) is 0 Å². The van der Waals surface area contributed by atoms with Crippen molar-refractivity contribution in [1.82, 2.24) is 4.31 Å². The highest BCUT2D eigenvalue weighted by Crippen LogP contribution is 2.15. The van der Waals surface area contributed by atoms with Crippen LogP contribution in [0.3, 0.4) is 0 Å². The predicted octanol–water partition coefficient (Wildman–Crippen LogP) is 0.413. The van der Waals surface area contributed by atoms with Crippen LogP contribution in [0.25, 0.3) is 0 Å². The minimum atomic E-state index is -3.54. The van der Waals surface area contributed by atoms with Crippen LogP contribution in [0.4, 0.5) is 5.69 Å². The van der Waals surface area contributed by atoms with Crippen LogP contribution in [0.5, 0.6) is 0 Å². The van der Waals surface area contributed by atoms with Gasteiger partial charge in [0.25, 0.3) is 0 Å². The second-order valence-electron chi connectivity index (χ2n) is 4.10. The predicted molar refractivity (Wildman–Crippen MR) is 73.7 cm³/mol. The average Bonchev–Trinajstić information content (AvgIpc) is 2.40. The van der Waals surface area contributed by atoms with Gasteiger partial charge in [-0.2, -0.15) is 12.7 Å². The zero-order chi connectivity index (χ0) is 13.9. The maximum absolute atomic E-state index is 12.1. The molecule has 1 aliphatic heterocycles. The number of benzene rings is 1. The van der Waals surface area contributed by atoms with Gasteiger partial charge in [0.1, 0.15) is 0 Å². The molecule has 1 unspecified atom stereocenters. The Labute approximate surface area is 115 Å². The Hall–Kier alpha value is -0.960. The highest BCUT2D eigenvalue weighted by Gasteiger charge is 2.23. The van der Waals surface area contributed by atoms with E-state index in [0.717, 1.165) is 0 Å². The van der Waals surface area contributed by atoms with E-state index in [1.165, 1.54) is 4.31 Å². The first-order valence-electron chi connectivity index (χ1n) is 5.78. The largest absolute Gasteiger partial charge is 0.379 e. The number of nitrogens with one attached hydrogen (secondary N) is 1. The molecule has 1 atom stereocenters. The summed E-state index contributed by atoms with van der Waals surface area (Å²) in [5, 5.41) is 0. The maximum atomic E-state index is 12.1. The SMILES string of the molecule is CS(=O)c1ccc(NS(=O)(=O)N2CCOCC2)cc1. The van der Waals surface area contributed by atoms with Crippen molar-refractivity contribution in [2.75, 3.05) is 37.3 Å². The molecule has 0 amide bonds. The first kappa shape index (κ1) is 14.4. The summed E-state index contributed by atoms with van der Waals surface area (Å²) in [7, 11) is -4.61. The van der Waals surface area contributed by atoms with Crippen LogP contribution >= 0.6 is 0 Å². The third-order valence-corrected chi connectivity index (χ3v) is 5.22. The number of nitrogens with zero attached hydrogens (tertiary/aromatic N) is 1. The lowest BCUT2D eigenvalue weighted by atomic mass is 10.3. The molecule has 1 fully saturated rings. The van der Waals surface area contributed by atoms with Crippen molar-refractivity contribution in [3.63, 3.8) is 0 Å². The van der Waals surface area contributed by atoms with E-state index in [1.807, 2.05) is 0 Å². The second kappa shape index (κ2) is 6.00. The van der Waals surface area contributed by atoms with Crippen LogP contribution in [0, 0.1) is 0 Å². The lowest BCUT2D eigenvalue weighted by Crippen LogP contribution is -2.43. The molecule has 1 heterocycles. The van der Waals surface area contributed by atoms with Gasteiger partial charge in [-0.15, -0.1) is 0 Å². The van der Waals surface area contributed by atoms with E-state index < -0.39 is 21.0 Å². The molecule has 8 heteroatoms. The van der Waals surface area contributed by atoms with E-state index >= 15 is 0 Å². The van der Waals surface area contributed by atoms with Gasteiger partial charge in [-0.05, 0) is 24.3 Å². The van der Waals surface area contributed by atoms with Crippen molar-refractivity contribution < 1.29 is 17.4 Å². The summed E-state index contributed by atoms with van der Waals surface area (Å²) < 4.78 is 44.4. The van der Waals surface area contributed by atoms with Crippen molar-refractivity contribution in [3.05, 3.63) is 24.3 Å². The molecular formula is C11H16N2O4S2. The summed E-state index contributed by atoms with van der Waals surface area (Å²) in [6.45, 7) is 1.53. The van der Waals surface area contributed by atoms with Crippen molar-refractivity contribution in [3.8, 4) is 0 Å². The molecule has 1 saturated heterocycles. The molecule has 0 spiro atoms. The third-order valence-electron chi connectivity index (χ3n) is 2.74. The van der Waals surface area contributed by atoms with Crippen LogP contribution in [-0.4, -0.2) is 49.5 Å². The zero-order valence-electron chi connectivity index (χ0n) is 10.5. The van der Waals surface area contributed by atoms with Crippen molar-refractivity contribution in [2.45, 2.75) is 4.90 Å². The highest BCUT2D eigenvalue weighted by atomic mass is 32.2. The first-order valence-corrected chi connectivity index (χ1v) is 8.78. The molecule has 0 aliphatic carbocycles. The Morgan fingerprint density at radius 2 is 1.79 bits per heavy atom. The number of hydrogen-bond acceptors (Lipinski definition) is 4. The number of morpholine rings is 1. The van der Waals surface area contributed by atoms with Crippen LogP contribution < -0.4 is 4.72 Å². The van der Waals surface area contributed by atoms with E-state index in [-0.39, 0.29) is 0 Å². The lowest BCUT2D eigenvalue weighted by Gasteiger charge is -2.26. The number of rotatable bonds is 4. The monoisotopic (exact) mass is 304 g/mol. The lowest BCUT2D eigenvalue weighted by molar-refractivity contribution is 0.0733. The van der Waals surface area contributed by atoms with Crippen molar-refractivity contribution in [2.24, 2.45) is 0 Å². The summed E-state index contributed by atoms with van der Waals surface area (Å²) >= 11 is 0. The molecule has 1 aliphatic rings. The van der Waals surface area contributed by atoms with Gasteiger partial charge in [-0.3, -0.25) is 8.93 Å².